The second-order valence-corrected chi connectivity index (χ2v) is 9.28. The minimum absolute atomic E-state index is 0.0825. The van der Waals surface area contributed by atoms with E-state index in [1.807, 2.05) is 42.5 Å². The van der Waals surface area contributed by atoms with Crippen LogP contribution in [-0.4, -0.2) is 24.1 Å². The maximum absolute atomic E-state index is 14.0. The van der Waals surface area contributed by atoms with Crippen molar-refractivity contribution in [2.75, 3.05) is 17.2 Å². The quantitative estimate of drug-likeness (QED) is 0.498. The fourth-order valence-corrected chi connectivity index (χ4v) is 5.08. The summed E-state index contributed by atoms with van der Waals surface area (Å²) in [4.78, 5) is 28.1. The number of nitrogens with one attached hydrogen (secondary N) is 1. The van der Waals surface area contributed by atoms with Gasteiger partial charge in [0.25, 0.3) is 5.91 Å². The summed E-state index contributed by atoms with van der Waals surface area (Å²) in [5, 5.41) is 2.98. The van der Waals surface area contributed by atoms with Crippen LogP contribution in [0.4, 0.5) is 10.1 Å². The van der Waals surface area contributed by atoms with Gasteiger partial charge in [-0.1, -0.05) is 60.7 Å². The number of thioether (sulfide) groups is 1. The second kappa shape index (κ2) is 9.69. The van der Waals surface area contributed by atoms with Crippen LogP contribution in [0.25, 0.3) is 11.1 Å². The van der Waals surface area contributed by atoms with Crippen molar-refractivity contribution in [2.45, 2.75) is 11.4 Å². The molecule has 0 saturated carbocycles. The van der Waals surface area contributed by atoms with E-state index in [2.05, 4.69) is 23.5 Å². The van der Waals surface area contributed by atoms with Crippen molar-refractivity contribution in [3.05, 3.63) is 108 Å². The van der Waals surface area contributed by atoms with Crippen molar-refractivity contribution in [2.24, 2.45) is 5.92 Å². The number of hydrogen-bond acceptors (Lipinski definition) is 3. The lowest BCUT2D eigenvalue weighted by atomic mass is 10.0. The number of hydrogen-bond donors (Lipinski definition) is 1. The maximum atomic E-state index is 14.0. The van der Waals surface area contributed by atoms with Gasteiger partial charge >= 0.3 is 0 Å². The molecule has 34 heavy (non-hydrogen) atoms. The summed E-state index contributed by atoms with van der Waals surface area (Å²) in [6.45, 7) is 0.611. The van der Waals surface area contributed by atoms with Gasteiger partial charge in [0.15, 0.2) is 0 Å². The van der Waals surface area contributed by atoms with Crippen LogP contribution in [0.15, 0.2) is 102 Å². The number of carbonyl (C=O) groups excluding carboxylic acids is 2. The van der Waals surface area contributed by atoms with E-state index in [4.69, 9.17) is 0 Å². The molecule has 1 atom stereocenters. The van der Waals surface area contributed by atoms with Crippen LogP contribution in [0.2, 0.25) is 0 Å². The molecule has 1 unspecified atom stereocenters. The third-order valence-electron chi connectivity index (χ3n) is 5.98. The number of rotatable bonds is 6. The molecular formula is C28H23FN2O2S. The largest absolute Gasteiger partial charge is 0.348 e. The van der Waals surface area contributed by atoms with Gasteiger partial charge in [-0.05, 0) is 47.0 Å². The molecule has 1 heterocycles. The number of halogens is 1. The lowest BCUT2D eigenvalue weighted by Gasteiger charge is -2.31. The molecule has 0 bridgehead atoms. The minimum atomic E-state index is -0.450. The molecule has 4 nitrogen and oxygen atoms in total. The Hall–Kier alpha value is -3.64. The van der Waals surface area contributed by atoms with E-state index in [1.165, 1.54) is 17.8 Å². The van der Waals surface area contributed by atoms with Crippen molar-refractivity contribution < 1.29 is 14.0 Å². The van der Waals surface area contributed by atoms with Crippen LogP contribution in [0.5, 0.6) is 0 Å². The monoisotopic (exact) mass is 470 g/mol. The summed E-state index contributed by atoms with van der Waals surface area (Å²) in [5.41, 5.74) is 4.34. The van der Waals surface area contributed by atoms with Gasteiger partial charge in [0.2, 0.25) is 5.91 Å². The first-order valence-corrected chi connectivity index (χ1v) is 12.1. The number of allylic oxidation sites excluding steroid dienone is 2. The van der Waals surface area contributed by atoms with Crippen molar-refractivity contribution in [1.82, 2.24) is 5.32 Å². The van der Waals surface area contributed by atoms with E-state index in [0.717, 1.165) is 21.6 Å². The Kier molecular flexibility index (Phi) is 6.32. The molecule has 1 aliphatic carbocycles. The fourth-order valence-electron chi connectivity index (χ4n) is 4.16. The Morgan fingerprint density at radius 2 is 1.85 bits per heavy atom. The van der Waals surface area contributed by atoms with Crippen molar-refractivity contribution in [3.63, 3.8) is 0 Å². The van der Waals surface area contributed by atoms with E-state index in [-0.39, 0.29) is 24.2 Å². The van der Waals surface area contributed by atoms with E-state index in [1.54, 1.807) is 29.2 Å². The third-order valence-corrected chi connectivity index (χ3v) is 7.03. The lowest BCUT2D eigenvalue weighted by molar-refractivity contribution is -0.116. The van der Waals surface area contributed by atoms with E-state index in [0.29, 0.717) is 23.5 Å². The van der Waals surface area contributed by atoms with Gasteiger partial charge < -0.3 is 10.2 Å². The summed E-state index contributed by atoms with van der Waals surface area (Å²) in [6, 6.07) is 23.5. The standard InChI is InChI=1S/C28H23FN2O2S/c29-24-11-5-10-23(24)17-31-25-15-22(12-13-26(25)34-18-27(31)32)28(33)30-16-19-6-4-9-21(14-19)20-7-2-1-3-8-20/h1-15,23H,16-18H2,(H,30,33). The zero-order valence-electron chi connectivity index (χ0n) is 18.4. The van der Waals surface area contributed by atoms with Crippen molar-refractivity contribution in [3.8, 4) is 11.1 Å². The Bertz CT molecular complexity index is 1300. The first-order valence-electron chi connectivity index (χ1n) is 11.1. The summed E-state index contributed by atoms with van der Waals surface area (Å²) in [7, 11) is 0. The van der Waals surface area contributed by atoms with E-state index < -0.39 is 5.92 Å². The lowest BCUT2D eigenvalue weighted by Crippen LogP contribution is -2.39. The first-order chi connectivity index (χ1) is 16.6. The SMILES string of the molecule is O=C(NCc1cccc(-c2ccccc2)c1)c1ccc2c(c1)N(CC1C=CC=C1F)C(=O)CS2. The van der Waals surface area contributed by atoms with Gasteiger partial charge in [-0.15, -0.1) is 11.8 Å². The highest BCUT2D eigenvalue weighted by molar-refractivity contribution is 8.00. The Balaban J connectivity index is 1.31. The molecule has 5 rings (SSSR count). The average molecular weight is 471 g/mol. The Labute approximate surface area is 202 Å². The van der Waals surface area contributed by atoms with Crippen LogP contribution in [0, 0.1) is 5.92 Å². The van der Waals surface area contributed by atoms with Gasteiger partial charge in [0.05, 0.1) is 11.4 Å². The van der Waals surface area contributed by atoms with Crippen molar-refractivity contribution >= 4 is 29.3 Å². The number of fused-ring (bicyclic) bond motifs is 1. The molecule has 170 valence electrons. The van der Waals surface area contributed by atoms with Crippen LogP contribution >= 0.6 is 11.8 Å². The Morgan fingerprint density at radius 1 is 1.03 bits per heavy atom. The zero-order valence-corrected chi connectivity index (χ0v) is 19.2. The van der Waals surface area contributed by atoms with Crippen LogP contribution < -0.4 is 10.2 Å². The van der Waals surface area contributed by atoms with Crippen LogP contribution in [0.1, 0.15) is 15.9 Å². The highest BCUT2D eigenvalue weighted by atomic mass is 32.2. The highest BCUT2D eigenvalue weighted by Gasteiger charge is 2.29. The highest BCUT2D eigenvalue weighted by Crippen LogP contribution is 2.37. The molecule has 1 N–H and O–H groups in total. The molecule has 0 aromatic heterocycles. The predicted molar refractivity (Wildman–Crippen MR) is 134 cm³/mol. The van der Waals surface area contributed by atoms with Crippen LogP contribution in [0.3, 0.4) is 0 Å². The van der Waals surface area contributed by atoms with Gasteiger partial charge in [0.1, 0.15) is 5.83 Å². The van der Waals surface area contributed by atoms with Gasteiger partial charge in [-0.2, -0.15) is 0 Å². The summed E-state index contributed by atoms with van der Waals surface area (Å²) in [5.74, 6) is -0.699. The molecule has 0 saturated heterocycles. The van der Waals surface area contributed by atoms with E-state index in [9.17, 15) is 14.0 Å². The molecule has 3 aromatic carbocycles. The molecule has 1 aliphatic heterocycles. The number of benzene rings is 3. The third kappa shape index (κ3) is 4.68. The van der Waals surface area contributed by atoms with Gasteiger partial charge in [-0.25, -0.2) is 4.39 Å². The molecule has 3 aromatic rings. The zero-order chi connectivity index (χ0) is 23.5. The topological polar surface area (TPSA) is 49.4 Å². The first kappa shape index (κ1) is 22.2. The Morgan fingerprint density at radius 3 is 2.65 bits per heavy atom. The van der Waals surface area contributed by atoms with Crippen LogP contribution in [-0.2, 0) is 11.3 Å². The van der Waals surface area contributed by atoms with E-state index >= 15 is 0 Å². The fraction of sp³-hybridized carbons (Fsp3) is 0.143. The maximum Gasteiger partial charge on any atom is 0.251 e. The summed E-state index contributed by atoms with van der Waals surface area (Å²) in [6.07, 6.45) is 4.84. The number of carbonyl (C=O) groups is 2. The molecule has 2 amide bonds. The molecule has 6 heteroatoms. The number of amides is 2. The molecular weight excluding hydrogens is 447 g/mol. The number of nitrogens with zero attached hydrogens (tertiary/aromatic N) is 1. The summed E-state index contributed by atoms with van der Waals surface area (Å²) >= 11 is 1.44. The predicted octanol–water partition coefficient (Wildman–Crippen LogP) is 5.76. The molecule has 0 fully saturated rings. The van der Waals surface area contributed by atoms with Gasteiger partial charge in [-0.3, -0.25) is 9.59 Å². The van der Waals surface area contributed by atoms with Crippen molar-refractivity contribution in [1.29, 1.82) is 0 Å². The number of anilines is 1. The average Bonchev–Trinajstić information content (AvgIpc) is 3.29. The summed E-state index contributed by atoms with van der Waals surface area (Å²) < 4.78 is 14.0. The second-order valence-electron chi connectivity index (χ2n) is 8.27. The normalized spacial score (nSPS) is 16.9. The molecule has 2 aliphatic rings. The molecule has 0 spiro atoms. The minimum Gasteiger partial charge on any atom is -0.348 e. The smallest absolute Gasteiger partial charge is 0.251 e. The molecule has 0 radical (unpaired) electrons. The van der Waals surface area contributed by atoms with Gasteiger partial charge in [0, 0.05) is 29.5 Å².